The average molecular weight is 317 g/mol. The number of nitriles is 1. The van der Waals surface area contributed by atoms with Gasteiger partial charge in [-0.25, -0.2) is 4.98 Å². The maximum Gasteiger partial charge on any atom is 0.234 e. The third-order valence-corrected chi connectivity index (χ3v) is 3.76. The lowest BCUT2D eigenvalue weighted by Gasteiger charge is -2.35. The number of piperazine rings is 1. The number of hydrogen-bond acceptors (Lipinski definition) is 6. The highest BCUT2D eigenvalue weighted by Gasteiger charge is 2.20. The summed E-state index contributed by atoms with van der Waals surface area (Å²) in [5.41, 5.74) is 0.615. The van der Waals surface area contributed by atoms with Crippen molar-refractivity contribution in [3.63, 3.8) is 0 Å². The molecule has 0 bridgehead atoms. The second-order valence-corrected chi connectivity index (χ2v) is 5.70. The molecule has 1 N–H and O–H groups in total. The van der Waals surface area contributed by atoms with Crippen molar-refractivity contribution in [3.05, 3.63) is 23.9 Å². The molecule has 1 aromatic rings. The van der Waals surface area contributed by atoms with Crippen molar-refractivity contribution in [3.8, 4) is 6.07 Å². The topological polar surface area (TPSA) is 81.5 Å². The molecule has 0 spiro atoms. The Morgan fingerprint density at radius 3 is 2.87 bits per heavy atom. The number of amides is 1. The molecule has 0 saturated carbocycles. The van der Waals surface area contributed by atoms with Gasteiger partial charge in [-0.1, -0.05) is 0 Å². The van der Waals surface area contributed by atoms with E-state index in [0.717, 1.165) is 32.0 Å². The highest BCUT2D eigenvalue weighted by molar-refractivity contribution is 5.78. The molecule has 23 heavy (non-hydrogen) atoms. The predicted molar refractivity (Wildman–Crippen MR) is 87.1 cm³/mol. The fourth-order valence-corrected chi connectivity index (χ4v) is 2.61. The summed E-state index contributed by atoms with van der Waals surface area (Å²) in [4.78, 5) is 20.5. The number of carbonyl (C=O) groups is 1. The number of hydrogen-bond donors (Lipinski definition) is 1. The minimum absolute atomic E-state index is 0.0201. The molecule has 2 rings (SSSR count). The van der Waals surface area contributed by atoms with Gasteiger partial charge in [-0.3, -0.25) is 9.69 Å². The van der Waals surface area contributed by atoms with Crippen LogP contribution in [0, 0.1) is 11.3 Å². The van der Waals surface area contributed by atoms with Crippen molar-refractivity contribution in [2.45, 2.75) is 13.0 Å². The van der Waals surface area contributed by atoms with Crippen LogP contribution in [0.25, 0.3) is 0 Å². The summed E-state index contributed by atoms with van der Waals surface area (Å²) >= 11 is 0. The van der Waals surface area contributed by atoms with Crippen molar-refractivity contribution in [1.82, 2.24) is 15.2 Å². The smallest absolute Gasteiger partial charge is 0.234 e. The van der Waals surface area contributed by atoms with E-state index in [9.17, 15) is 4.79 Å². The molecule has 1 fully saturated rings. The third kappa shape index (κ3) is 5.20. The summed E-state index contributed by atoms with van der Waals surface area (Å²) in [7, 11) is 1.62. The lowest BCUT2D eigenvalue weighted by atomic mass is 10.2. The van der Waals surface area contributed by atoms with E-state index >= 15 is 0 Å². The first-order valence-electron chi connectivity index (χ1n) is 7.74. The number of pyridine rings is 1. The van der Waals surface area contributed by atoms with Gasteiger partial charge in [-0.05, 0) is 19.1 Å². The monoisotopic (exact) mass is 317 g/mol. The van der Waals surface area contributed by atoms with E-state index in [2.05, 4.69) is 26.2 Å². The SMILES string of the molecule is COC[C@H](C)NC(=O)CN1CCN(c2cc(C#N)ccn2)CC1. The molecule has 1 amide bonds. The minimum Gasteiger partial charge on any atom is -0.383 e. The Kier molecular flexibility index (Phi) is 6.32. The molecule has 1 aliphatic rings. The van der Waals surface area contributed by atoms with Crippen LogP contribution in [0.2, 0.25) is 0 Å². The van der Waals surface area contributed by atoms with Gasteiger partial charge in [0, 0.05) is 45.5 Å². The van der Waals surface area contributed by atoms with Gasteiger partial charge in [-0.2, -0.15) is 5.26 Å². The Morgan fingerprint density at radius 1 is 1.48 bits per heavy atom. The van der Waals surface area contributed by atoms with E-state index in [0.29, 0.717) is 18.7 Å². The Bertz CT molecular complexity index is 564. The number of nitrogens with zero attached hydrogens (tertiary/aromatic N) is 4. The molecule has 1 atom stereocenters. The predicted octanol–water partition coefficient (Wildman–Crippen LogP) is 0.226. The molecule has 7 heteroatoms. The molecular weight excluding hydrogens is 294 g/mol. The molecule has 0 unspecified atom stereocenters. The number of nitrogens with one attached hydrogen (secondary N) is 1. The van der Waals surface area contributed by atoms with E-state index in [1.54, 1.807) is 25.4 Å². The summed E-state index contributed by atoms with van der Waals surface area (Å²) in [6.07, 6.45) is 1.66. The van der Waals surface area contributed by atoms with E-state index < -0.39 is 0 Å². The summed E-state index contributed by atoms with van der Waals surface area (Å²) in [6, 6.07) is 5.65. The maximum atomic E-state index is 12.0. The van der Waals surface area contributed by atoms with Crippen LogP contribution in [0.4, 0.5) is 5.82 Å². The molecule has 0 radical (unpaired) electrons. The van der Waals surface area contributed by atoms with Crippen molar-refractivity contribution in [2.75, 3.05) is 51.3 Å². The fraction of sp³-hybridized carbons (Fsp3) is 0.562. The molecule has 1 aromatic heterocycles. The van der Waals surface area contributed by atoms with Crippen molar-refractivity contribution < 1.29 is 9.53 Å². The van der Waals surface area contributed by atoms with Gasteiger partial charge >= 0.3 is 0 Å². The van der Waals surface area contributed by atoms with Crippen LogP contribution in [0.3, 0.4) is 0 Å². The molecular formula is C16H23N5O2. The zero-order valence-electron chi connectivity index (χ0n) is 13.7. The zero-order chi connectivity index (χ0) is 16.7. The highest BCUT2D eigenvalue weighted by Crippen LogP contribution is 2.14. The van der Waals surface area contributed by atoms with Crippen LogP contribution in [0.5, 0.6) is 0 Å². The lowest BCUT2D eigenvalue weighted by molar-refractivity contribution is -0.123. The van der Waals surface area contributed by atoms with Gasteiger partial charge in [0.05, 0.1) is 24.8 Å². The van der Waals surface area contributed by atoms with Gasteiger partial charge < -0.3 is 15.0 Å². The summed E-state index contributed by atoms with van der Waals surface area (Å²) in [5.74, 6) is 0.842. The first kappa shape index (κ1) is 17.2. The van der Waals surface area contributed by atoms with Gasteiger partial charge in [0.1, 0.15) is 5.82 Å². The minimum atomic E-state index is 0.0201. The van der Waals surface area contributed by atoms with Crippen molar-refractivity contribution in [2.24, 2.45) is 0 Å². The number of methoxy groups -OCH3 is 1. The maximum absolute atomic E-state index is 12.0. The Balaban J connectivity index is 1.79. The molecule has 1 aliphatic heterocycles. The molecule has 2 heterocycles. The Labute approximate surface area is 136 Å². The van der Waals surface area contributed by atoms with E-state index in [1.165, 1.54) is 0 Å². The zero-order valence-corrected chi connectivity index (χ0v) is 13.7. The van der Waals surface area contributed by atoms with E-state index in [1.807, 2.05) is 6.92 Å². The molecule has 7 nitrogen and oxygen atoms in total. The Morgan fingerprint density at radius 2 is 2.22 bits per heavy atom. The number of ether oxygens (including phenoxy) is 1. The van der Waals surface area contributed by atoms with Crippen LogP contribution in [-0.4, -0.2) is 68.3 Å². The second kappa shape index (κ2) is 8.46. The summed E-state index contributed by atoms with van der Waals surface area (Å²) in [5, 5.41) is 11.9. The number of rotatable bonds is 6. The van der Waals surface area contributed by atoms with Crippen molar-refractivity contribution in [1.29, 1.82) is 5.26 Å². The van der Waals surface area contributed by atoms with Gasteiger partial charge in [0.25, 0.3) is 0 Å². The van der Waals surface area contributed by atoms with E-state index in [4.69, 9.17) is 10.00 Å². The summed E-state index contributed by atoms with van der Waals surface area (Å²) < 4.78 is 5.01. The number of aromatic nitrogens is 1. The molecule has 0 aliphatic carbocycles. The Hall–Kier alpha value is -2.17. The number of anilines is 1. The average Bonchev–Trinajstić information content (AvgIpc) is 2.55. The standard InChI is InChI=1S/C16H23N5O2/c1-13(12-23-2)19-16(22)11-20-5-7-21(8-6-20)15-9-14(10-17)3-4-18-15/h3-4,9,13H,5-8,11-12H2,1-2H3,(H,19,22)/t13-/m0/s1. The molecule has 0 aromatic carbocycles. The van der Waals surface area contributed by atoms with Crippen LogP contribution in [-0.2, 0) is 9.53 Å². The van der Waals surface area contributed by atoms with Gasteiger partial charge in [-0.15, -0.1) is 0 Å². The van der Waals surface area contributed by atoms with Crippen LogP contribution >= 0.6 is 0 Å². The quantitative estimate of drug-likeness (QED) is 0.809. The van der Waals surface area contributed by atoms with Crippen LogP contribution < -0.4 is 10.2 Å². The first-order valence-corrected chi connectivity index (χ1v) is 7.74. The summed E-state index contributed by atoms with van der Waals surface area (Å²) in [6.45, 7) is 6.02. The largest absolute Gasteiger partial charge is 0.383 e. The normalized spacial score (nSPS) is 16.7. The van der Waals surface area contributed by atoms with E-state index in [-0.39, 0.29) is 11.9 Å². The third-order valence-electron chi connectivity index (χ3n) is 3.76. The van der Waals surface area contributed by atoms with Gasteiger partial charge in [0.2, 0.25) is 5.91 Å². The fourth-order valence-electron chi connectivity index (χ4n) is 2.61. The molecule has 124 valence electrons. The van der Waals surface area contributed by atoms with Crippen molar-refractivity contribution >= 4 is 11.7 Å². The van der Waals surface area contributed by atoms with Crippen LogP contribution in [0.15, 0.2) is 18.3 Å². The van der Waals surface area contributed by atoms with Crippen LogP contribution in [0.1, 0.15) is 12.5 Å². The number of carbonyl (C=O) groups excluding carboxylic acids is 1. The lowest BCUT2D eigenvalue weighted by Crippen LogP contribution is -2.50. The second-order valence-electron chi connectivity index (χ2n) is 5.70. The first-order chi connectivity index (χ1) is 11.1. The van der Waals surface area contributed by atoms with Gasteiger partial charge in [0.15, 0.2) is 0 Å². The highest BCUT2D eigenvalue weighted by atomic mass is 16.5. The molecule has 1 saturated heterocycles.